The third-order valence-electron chi connectivity index (χ3n) is 4.18. The maximum atomic E-state index is 6.07. The third-order valence-corrected chi connectivity index (χ3v) is 4.18. The van der Waals surface area contributed by atoms with E-state index in [0.717, 1.165) is 31.7 Å². The Morgan fingerprint density at radius 2 is 2.09 bits per heavy atom. The molecule has 2 aliphatic heterocycles. The minimum absolute atomic E-state index is 0.00390. The Hall–Kier alpha value is -2.28. The Kier molecular flexibility index (Phi) is 3.34. The van der Waals surface area contributed by atoms with Crippen molar-refractivity contribution in [2.24, 2.45) is 0 Å². The highest BCUT2D eigenvalue weighted by Crippen LogP contribution is 2.37. The van der Waals surface area contributed by atoms with Crippen molar-refractivity contribution in [2.75, 3.05) is 24.6 Å². The lowest BCUT2D eigenvalue weighted by molar-refractivity contribution is 0.0192. The van der Waals surface area contributed by atoms with E-state index >= 15 is 0 Å². The molecule has 2 aromatic rings. The van der Waals surface area contributed by atoms with Crippen LogP contribution in [0.5, 0.6) is 6.01 Å². The molecular weight excluding hydrogens is 282 g/mol. The van der Waals surface area contributed by atoms with Gasteiger partial charge in [-0.05, 0) is 12.5 Å². The van der Waals surface area contributed by atoms with Gasteiger partial charge in [0.15, 0.2) is 0 Å². The topological polar surface area (TPSA) is 73.3 Å². The average molecular weight is 299 g/mol. The van der Waals surface area contributed by atoms with E-state index < -0.39 is 0 Å². The van der Waals surface area contributed by atoms with Crippen molar-refractivity contribution in [3.05, 3.63) is 37.1 Å². The number of ether oxygens (including phenoxy) is 2. The van der Waals surface area contributed by atoms with Crippen molar-refractivity contribution in [1.82, 2.24) is 19.9 Å². The molecule has 7 nitrogen and oxygen atoms in total. The van der Waals surface area contributed by atoms with E-state index in [4.69, 9.17) is 9.47 Å². The van der Waals surface area contributed by atoms with Gasteiger partial charge < -0.3 is 14.4 Å². The summed E-state index contributed by atoms with van der Waals surface area (Å²) < 4.78 is 11.9. The Morgan fingerprint density at radius 1 is 1.18 bits per heavy atom. The fraction of sp³-hybridized carbons (Fsp3) is 0.467. The van der Waals surface area contributed by atoms with Gasteiger partial charge in [0.25, 0.3) is 0 Å². The largest absolute Gasteiger partial charge is 0.458 e. The molecule has 0 N–H and O–H groups in total. The number of hydrogen-bond acceptors (Lipinski definition) is 7. The highest BCUT2D eigenvalue weighted by atomic mass is 16.6. The smallest absolute Gasteiger partial charge is 0.316 e. The second kappa shape index (κ2) is 5.49. The summed E-state index contributed by atoms with van der Waals surface area (Å²) in [7, 11) is 0. The summed E-state index contributed by atoms with van der Waals surface area (Å²) in [6, 6.07) is 2.19. The van der Waals surface area contributed by atoms with Crippen LogP contribution in [0.4, 0.5) is 5.82 Å². The fourth-order valence-corrected chi connectivity index (χ4v) is 3.15. The van der Waals surface area contributed by atoms with Gasteiger partial charge in [-0.25, -0.2) is 15.0 Å². The number of nitrogens with zero attached hydrogens (tertiary/aromatic N) is 5. The van der Waals surface area contributed by atoms with Crippen LogP contribution < -0.4 is 9.64 Å². The zero-order chi connectivity index (χ0) is 14.8. The molecule has 0 saturated carbocycles. The lowest BCUT2D eigenvalue weighted by Gasteiger charge is -2.23. The molecule has 2 aliphatic rings. The van der Waals surface area contributed by atoms with Gasteiger partial charge in [-0.1, -0.05) is 0 Å². The lowest BCUT2D eigenvalue weighted by atomic mass is 9.98. The van der Waals surface area contributed by atoms with E-state index in [0.29, 0.717) is 12.6 Å². The maximum absolute atomic E-state index is 6.07. The Labute approximate surface area is 128 Å². The van der Waals surface area contributed by atoms with Crippen molar-refractivity contribution in [3.63, 3.8) is 0 Å². The molecule has 2 fully saturated rings. The van der Waals surface area contributed by atoms with Gasteiger partial charge >= 0.3 is 6.01 Å². The molecule has 4 rings (SSSR count). The SMILES string of the molecule is c1cnc(O[C@H]2CO[C@@]3(CCN(c4cnccn4)C3)C2)nc1. The first kappa shape index (κ1) is 13.4. The van der Waals surface area contributed by atoms with Gasteiger partial charge in [-0.15, -0.1) is 0 Å². The Bertz CT molecular complexity index is 626. The van der Waals surface area contributed by atoms with Crippen molar-refractivity contribution in [3.8, 4) is 6.01 Å². The summed E-state index contributed by atoms with van der Waals surface area (Å²) in [5.41, 5.74) is -0.156. The molecule has 0 aromatic carbocycles. The second-order valence-corrected chi connectivity index (χ2v) is 5.70. The zero-order valence-electron chi connectivity index (χ0n) is 12.1. The molecule has 0 radical (unpaired) electrons. The first-order valence-electron chi connectivity index (χ1n) is 7.42. The van der Waals surface area contributed by atoms with Crippen LogP contribution in [0.25, 0.3) is 0 Å². The summed E-state index contributed by atoms with van der Waals surface area (Å²) in [5.74, 6) is 0.902. The first-order valence-corrected chi connectivity index (χ1v) is 7.42. The predicted molar refractivity (Wildman–Crippen MR) is 78.6 cm³/mol. The molecule has 0 amide bonds. The molecule has 0 aliphatic carbocycles. The molecular formula is C15H17N5O2. The lowest BCUT2D eigenvalue weighted by Crippen LogP contribution is -2.33. The van der Waals surface area contributed by atoms with Gasteiger partial charge in [0.1, 0.15) is 11.9 Å². The van der Waals surface area contributed by atoms with E-state index in [2.05, 4.69) is 24.8 Å². The van der Waals surface area contributed by atoms with E-state index in [1.165, 1.54) is 0 Å². The van der Waals surface area contributed by atoms with Crippen molar-refractivity contribution in [1.29, 1.82) is 0 Å². The molecule has 2 saturated heterocycles. The monoisotopic (exact) mass is 299 g/mol. The average Bonchev–Trinajstić information content (AvgIpc) is 3.17. The van der Waals surface area contributed by atoms with Crippen LogP contribution in [0.15, 0.2) is 37.1 Å². The third kappa shape index (κ3) is 2.59. The number of rotatable bonds is 3. The Morgan fingerprint density at radius 3 is 2.91 bits per heavy atom. The normalized spacial score (nSPS) is 27.5. The summed E-state index contributed by atoms with van der Waals surface area (Å²) in [5, 5.41) is 0. The van der Waals surface area contributed by atoms with E-state index in [-0.39, 0.29) is 11.7 Å². The van der Waals surface area contributed by atoms with Crippen LogP contribution in [0, 0.1) is 0 Å². The predicted octanol–water partition coefficient (Wildman–Crippen LogP) is 1.08. The fourth-order valence-electron chi connectivity index (χ4n) is 3.15. The minimum atomic E-state index is -0.156. The standard InChI is InChI=1S/C15H17N5O2/c1-3-18-14(19-4-1)22-12-8-15(21-10-12)2-7-20(11-15)13-9-16-5-6-17-13/h1,3-6,9,12H,2,7-8,10-11H2/t12-,15+/m1/s1. The minimum Gasteiger partial charge on any atom is -0.458 e. The molecule has 22 heavy (non-hydrogen) atoms. The summed E-state index contributed by atoms with van der Waals surface area (Å²) in [4.78, 5) is 18.9. The maximum Gasteiger partial charge on any atom is 0.316 e. The number of hydrogen-bond donors (Lipinski definition) is 0. The second-order valence-electron chi connectivity index (χ2n) is 5.70. The van der Waals surface area contributed by atoms with Gasteiger partial charge in [0, 0.05) is 44.3 Å². The number of aromatic nitrogens is 4. The van der Waals surface area contributed by atoms with Crippen LogP contribution in [0.2, 0.25) is 0 Å². The van der Waals surface area contributed by atoms with Gasteiger partial charge in [0.05, 0.1) is 18.4 Å². The van der Waals surface area contributed by atoms with Crippen molar-refractivity contribution in [2.45, 2.75) is 24.5 Å². The van der Waals surface area contributed by atoms with Crippen molar-refractivity contribution < 1.29 is 9.47 Å². The summed E-state index contributed by atoms with van der Waals surface area (Å²) in [6.45, 7) is 2.32. The molecule has 4 heterocycles. The van der Waals surface area contributed by atoms with Crippen LogP contribution in [0.3, 0.4) is 0 Å². The molecule has 0 unspecified atom stereocenters. The van der Waals surface area contributed by atoms with Crippen LogP contribution in [-0.2, 0) is 4.74 Å². The Balaban J connectivity index is 1.40. The van der Waals surface area contributed by atoms with Crippen molar-refractivity contribution >= 4 is 5.82 Å². The van der Waals surface area contributed by atoms with E-state index in [9.17, 15) is 0 Å². The summed E-state index contributed by atoms with van der Waals surface area (Å²) >= 11 is 0. The zero-order valence-corrected chi connectivity index (χ0v) is 12.1. The summed E-state index contributed by atoms with van der Waals surface area (Å²) in [6.07, 6.45) is 10.4. The number of anilines is 1. The molecule has 7 heteroatoms. The quantitative estimate of drug-likeness (QED) is 0.839. The molecule has 2 aromatic heterocycles. The van der Waals surface area contributed by atoms with Gasteiger partial charge in [-0.2, -0.15) is 0 Å². The van der Waals surface area contributed by atoms with Crippen LogP contribution in [0.1, 0.15) is 12.8 Å². The highest BCUT2D eigenvalue weighted by Gasteiger charge is 2.47. The molecule has 0 bridgehead atoms. The highest BCUT2D eigenvalue weighted by molar-refractivity contribution is 5.38. The van der Waals surface area contributed by atoms with E-state index in [1.54, 1.807) is 37.1 Å². The van der Waals surface area contributed by atoms with E-state index in [1.807, 2.05) is 0 Å². The van der Waals surface area contributed by atoms with Crippen LogP contribution in [-0.4, -0.2) is 51.3 Å². The molecule has 114 valence electrons. The first-order chi connectivity index (χ1) is 10.8. The van der Waals surface area contributed by atoms with Crippen LogP contribution >= 0.6 is 0 Å². The van der Waals surface area contributed by atoms with Gasteiger partial charge in [0.2, 0.25) is 0 Å². The van der Waals surface area contributed by atoms with Gasteiger partial charge in [-0.3, -0.25) is 4.98 Å². The molecule has 2 atom stereocenters. The molecule has 1 spiro atoms.